The first-order valence-electron chi connectivity index (χ1n) is 9.83. The van der Waals surface area contributed by atoms with Crippen LogP contribution < -0.4 is 10.0 Å². The molecule has 2 atom stereocenters. The number of carboxylic acid groups (broad SMARTS) is 1. The standard InChI is InChI=1S/C23H24N2O5S2/c1-15(17-7-5-4-6-8-17)23(3,22(27)28)25-32(29,30)21-14-13-20(31-21)18-9-11-19(12-10-18)24-16(2)26/h4-15,25H,1-3H3,(H,24,26)(H,27,28)/t15?,23-/m0/s1. The second-order valence-corrected chi connectivity index (χ2v) is 10.6. The Hall–Kier alpha value is -3.01. The number of carbonyl (C=O) groups excluding carboxylic acids is 1. The molecule has 1 heterocycles. The van der Waals surface area contributed by atoms with E-state index in [1.54, 1.807) is 61.5 Å². The van der Waals surface area contributed by atoms with Crippen molar-refractivity contribution in [3.63, 3.8) is 0 Å². The Labute approximate surface area is 191 Å². The molecule has 0 bridgehead atoms. The van der Waals surface area contributed by atoms with Crippen LogP contribution in [0.1, 0.15) is 32.3 Å². The van der Waals surface area contributed by atoms with Crippen molar-refractivity contribution in [1.29, 1.82) is 0 Å². The molecule has 0 fully saturated rings. The Bertz CT molecular complexity index is 1220. The number of thiophene rings is 1. The zero-order valence-corrected chi connectivity index (χ0v) is 19.5. The summed E-state index contributed by atoms with van der Waals surface area (Å²) in [5, 5.41) is 12.6. The summed E-state index contributed by atoms with van der Waals surface area (Å²) in [6.45, 7) is 4.48. The number of hydrogen-bond donors (Lipinski definition) is 3. The van der Waals surface area contributed by atoms with Crippen LogP contribution >= 0.6 is 11.3 Å². The summed E-state index contributed by atoms with van der Waals surface area (Å²) in [4.78, 5) is 24.0. The first-order valence-corrected chi connectivity index (χ1v) is 12.1. The maximum absolute atomic E-state index is 13.1. The summed E-state index contributed by atoms with van der Waals surface area (Å²) >= 11 is 1.04. The Morgan fingerprint density at radius 3 is 2.19 bits per heavy atom. The fraction of sp³-hybridized carbons (Fsp3) is 0.217. The van der Waals surface area contributed by atoms with Gasteiger partial charge in [0.25, 0.3) is 10.0 Å². The third-order valence-corrected chi connectivity index (χ3v) is 8.49. The van der Waals surface area contributed by atoms with Gasteiger partial charge < -0.3 is 10.4 Å². The van der Waals surface area contributed by atoms with Crippen molar-refractivity contribution in [2.24, 2.45) is 0 Å². The summed E-state index contributed by atoms with van der Waals surface area (Å²) in [5.74, 6) is -2.06. The molecule has 7 nitrogen and oxygen atoms in total. The first kappa shape index (κ1) is 23.6. The number of carbonyl (C=O) groups is 2. The monoisotopic (exact) mass is 472 g/mol. The summed E-state index contributed by atoms with van der Waals surface area (Å²) in [6, 6.07) is 19.1. The normalized spacial score (nSPS) is 14.3. The average molecular weight is 473 g/mol. The van der Waals surface area contributed by atoms with Gasteiger partial charge in [-0.3, -0.25) is 9.59 Å². The van der Waals surface area contributed by atoms with Crippen LogP contribution in [0.15, 0.2) is 70.9 Å². The van der Waals surface area contributed by atoms with Crippen LogP contribution in [0, 0.1) is 0 Å². The van der Waals surface area contributed by atoms with Crippen LogP contribution in [0.5, 0.6) is 0 Å². The molecule has 0 aliphatic rings. The van der Waals surface area contributed by atoms with Crippen molar-refractivity contribution in [3.8, 4) is 10.4 Å². The fourth-order valence-electron chi connectivity index (χ4n) is 3.26. The SMILES string of the molecule is CC(=O)Nc1ccc(-c2ccc(S(=O)(=O)N[C@](C)(C(=O)O)C(C)c3ccccc3)s2)cc1. The summed E-state index contributed by atoms with van der Waals surface area (Å²) in [7, 11) is -4.10. The Morgan fingerprint density at radius 1 is 1.00 bits per heavy atom. The van der Waals surface area contributed by atoms with Crippen molar-refractivity contribution in [2.75, 3.05) is 5.32 Å². The van der Waals surface area contributed by atoms with Crippen LogP contribution in [0.25, 0.3) is 10.4 Å². The van der Waals surface area contributed by atoms with E-state index in [1.807, 2.05) is 6.07 Å². The average Bonchev–Trinajstić information content (AvgIpc) is 3.25. The number of carboxylic acids is 1. The number of amides is 1. The van der Waals surface area contributed by atoms with Gasteiger partial charge in [0.2, 0.25) is 5.91 Å². The number of anilines is 1. The van der Waals surface area contributed by atoms with Crippen LogP contribution in [0.3, 0.4) is 0 Å². The summed E-state index contributed by atoms with van der Waals surface area (Å²) < 4.78 is 28.6. The highest BCUT2D eigenvalue weighted by atomic mass is 32.2. The van der Waals surface area contributed by atoms with Gasteiger partial charge in [-0.25, -0.2) is 8.42 Å². The summed E-state index contributed by atoms with van der Waals surface area (Å²) in [5.41, 5.74) is 0.388. The highest BCUT2D eigenvalue weighted by molar-refractivity contribution is 7.91. The van der Waals surface area contributed by atoms with E-state index in [1.165, 1.54) is 19.9 Å². The minimum Gasteiger partial charge on any atom is -0.480 e. The van der Waals surface area contributed by atoms with Gasteiger partial charge in [-0.05, 0) is 42.3 Å². The van der Waals surface area contributed by atoms with Crippen LogP contribution in [-0.2, 0) is 19.6 Å². The van der Waals surface area contributed by atoms with Gasteiger partial charge in [0, 0.05) is 23.4 Å². The molecule has 9 heteroatoms. The highest BCUT2D eigenvalue weighted by Gasteiger charge is 2.43. The predicted octanol–water partition coefficient (Wildman–Crippen LogP) is 4.30. The molecule has 3 aromatic rings. The molecular weight excluding hydrogens is 448 g/mol. The Balaban J connectivity index is 1.87. The highest BCUT2D eigenvalue weighted by Crippen LogP contribution is 2.34. The largest absolute Gasteiger partial charge is 0.480 e. The molecule has 0 spiro atoms. The molecular formula is C23H24N2O5S2. The molecule has 3 rings (SSSR count). The predicted molar refractivity (Wildman–Crippen MR) is 125 cm³/mol. The second-order valence-electron chi connectivity index (χ2n) is 7.62. The maximum atomic E-state index is 13.1. The van der Waals surface area contributed by atoms with E-state index >= 15 is 0 Å². The van der Waals surface area contributed by atoms with Crippen LogP contribution in [0.4, 0.5) is 5.69 Å². The van der Waals surface area contributed by atoms with Crippen LogP contribution in [0.2, 0.25) is 0 Å². The van der Waals surface area contributed by atoms with Crippen LogP contribution in [-0.4, -0.2) is 30.9 Å². The third-order valence-electron chi connectivity index (χ3n) is 5.29. The van der Waals surface area contributed by atoms with Crippen molar-refractivity contribution in [1.82, 2.24) is 4.72 Å². The molecule has 0 aliphatic carbocycles. The van der Waals surface area contributed by atoms with Gasteiger partial charge in [0.1, 0.15) is 9.75 Å². The van der Waals surface area contributed by atoms with E-state index in [4.69, 9.17) is 0 Å². The molecule has 1 unspecified atom stereocenters. The van der Waals surface area contributed by atoms with E-state index in [-0.39, 0.29) is 10.1 Å². The molecule has 2 aromatic carbocycles. The molecule has 1 aromatic heterocycles. The van der Waals surface area contributed by atoms with Crippen molar-refractivity contribution in [2.45, 2.75) is 36.4 Å². The quantitative estimate of drug-likeness (QED) is 0.452. The van der Waals surface area contributed by atoms with Gasteiger partial charge in [-0.1, -0.05) is 49.4 Å². The van der Waals surface area contributed by atoms with Gasteiger partial charge in [-0.15, -0.1) is 11.3 Å². The Kier molecular flexibility index (Phi) is 6.82. The number of aliphatic carboxylic acids is 1. The number of hydrogen-bond acceptors (Lipinski definition) is 5. The van der Waals surface area contributed by atoms with E-state index in [0.717, 1.165) is 16.9 Å². The molecule has 0 saturated heterocycles. The molecule has 3 N–H and O–H groups in total. The fourth-order valence-corrected chi connectivity index (χ4v) is 6.01. The van der Waals surface area contributed by atoms with Gasteiger partial charge in [0.05, 0.1) is 0 Å². The zero-order valence-electron chi connectivity index (χ0n) is 17.8. The molecule has 32 heavy (non-hydrogen) atoms. The van der Waals surface area contributed by atoms with Gasteiger partial charge >= 0.3 is 5.97 Å². The number of nitrogens with one attached hydrogen (secondary N) is 2. The van der Waals surface area contributed by atoms with E-state index in [0.29, 0.717) is 16.1 Å². The molecule has 0 aliphatic heterocycles. The summed E-state index contributed by atoms with van der Waals surface area (Å²) in [6.07, 6.45) is 0. The van der Waals surface area contributed by atoms with Crippen molar-refractivity contribution < 1.29 is 23.1 Å². The van der Waals surface area contributed by atoms with E-state index in [2.05, 4.69) is 10.0 Å². The maximum Gasteiger partial charge on any atom is 0.325 e. The molecule has 0 saturated carbocycles. The van der Waals surface area contributed by atoms with E-state index in [9.17, 15) is 23.1 Å². The lowest BCUT2D eigenvalue weighted by atomic mass is 9.83. The molecule has 168 valence electrons. The van der Waals surface area contributed by atoms with Crippen molar-refractivity contribution >= 4 is 38.9 Å². The van der Waals surface area contributed by atoms with Gasteiger partial charge in [-0.2, -0.15) is 4.72 Å². The number of rotatable bonds is 8. The third kappa shape index (κ3) is 5.07. The zero-order chi connectivity index (χ0) is 23.5. The number of benzene rings is 2. The van der Waals surface area contributed by atoms with Crippen molar-refractivity contribution in [3.05, 3.63) is 72.3 Å². The smallest absolute Gasteiger partial charge is 0.325 e. The first-order chi connectivity index (χ1) is 15.0. The lowest BCUT2D eigenvalue weighted by molar-refractivity contribution is -0.144. The molecule has 0 radical (unpaired) electrons. The minimum atomic E-state index is -4.10. The Morgan fingerprint density at radius 2 is 1.62 bits per heavy atom. The lowest BCUT2D eigenvalue weighted by Gasteiger charge is -2.32. The molecule has 1 amide bonds. The number of sulfonamides is 1. The van der Waals surface area contributed by atoms with E-state index < -0.39 is 27.4 Å². The minimum absolute atomic E-state index is 0.0196. The lowest BCUT2D eigenvalue weighted by Crippen LogP contribution is -2.55. The van der Waals surface area contributed by atoms with Gasteiger partial charge in [0.15, 0.2) is 0 Å². The second kappa shape index (κ2) is 9.23. The topological polar surface area (TPSA) is 113 Å².